The monoisotopic (exact) mass is 361 g/mol. The molecule has 1 aliphatic rings. The molecule has 2 aromatic carbocycles. The molecule has 0 heterocycles. The molecule has 0 saturated carbocycles. The van der Waals surface area contributed by atoms with E-state index in [0.29, 0.717) is 5.75 Å². The molecule has 0 radical (unpaired) electrons. The number of hydrogen-bond acceptors (Lipinski definition) is 6. The van der Waals surface area contributed by atoms with Gasteiger partial charge >= 0.3 is 0 Å². The van der Waals surface area contributed by atoms with Gasteiger partial charge in [-0.3, -0.25) is 14.3 Å². The van der Waals surface area contributed by atoms with Crippen LogP contribution < -0.4 is 14.2 Å². The Labute approximate surface area is 144 Å². The summed E-state index contributed by atoms with van der Waals surface area (Å²) < 4.78 is 35.7. The number of sulfonamides is 1. The van der Waals surface area contributed by atoms with Crippen molar-refractivity contribution in [3.05, 3.63) is 52.6 Å². The zero-order valence-corrected chi connectivity index (χ0v) is 14.6. The molecule has 0 saturated heterocycles. The van der Waals surface area contributed by atoms with Crippen LogP contribution in [0.1, 0.15) is 31.8 Å². The number of carbonyl (C=O) groups excluding carboxylic acids is 2. The fraction of sp³-hybridized carbons (Fsp3) is 0.176. The zero-order chi connectivity index (χ0) is 18.4. The van der Waals surface area contributed by atoms with Crippen LogP contribution in [-0.2, 0) is 10.0 Å². The Morgan fingerprint density at radius 2 is 1.52 bits per heavy atom. The van der Waals surface area contributed by atoms with E-state index >= 15 is 0 Å². The molecule has 0 amide bonds. The largest absolute Gasteiger partial charge is 0.496 e. The molecule has 25 heavy (non-hydrogen) atoms. The number of fused-ring (bicyclic) bond motifs is 2. The zero-order valence-electron chi connectivity index (χ0n) is 13.7. The fourth-order valence-corrected chi connectivity index (χ4v) is 3.40. The van der Waals surface area contributed by atoms with E-state index in [2.05, 4.69) is 4.72 Å². The molecule has 0 spiro atoms. The van der Waals surface area contributed by atoms with Crippen molar-refractivity contribution in [1.82, 2.24) is 0 Å². The highest BCUT2D eigenvalue weighted by molar-refractivity contribution is 7.92. The summed E-state index contributed by atoms with van der Waals surface area (Å²) in [4.78, 5) is 25.8. The fourth-order valence-electron chi connectivity index (χ4n) is 2.86. The van der Waals surface area contributed by atoms with Crippen LogP contribution in [0.15, 0.2) is 30.3 Å². The first-order chi connectivity index (χ1) is 11.8. The molecule has 0 atom stereocenters. The number of carbonyl (C=O) groups is 2. The minimum atomic E-state index is -3.55. The maximum Gasteiger partial charge on any atom is 0.229 e. The third-order valence-corrected chi connectivity index (χ3v) is 4.42. The number of ether oxygens (including phenoxy) is 2. The molecule has 130 valence electrons. The number of benzene rings is 2. The number of hydrogen-bond donors (Lipinski definition) is 1. The van der Waals surface area contributed by atoms with Gasteiger partial charge in [-0.05, 0) is 12.1 Å². The van der Waals surface area contributed by atoms with Gasteiger partial charge in [-0.25, -0.2) is 8.42 Å². The van der Waals surface area contributed by atoms with Gasteiger partial charge in [-0.15, -0.1) is 0 Å². The Hall–Kier alpha value is -2.87. The van der Waals surface area contributed by atoms with Crippen LogP contribution in [0.3, 0.4) is 0 Å². The Bertz CT molecular complexity index is 1010. The smallest absolute Gasteiger partial charge is 0.229 e. The number of ketones is 2. The third-order valence-electron chi connectivity index (χ3n) is 3.81. The Morgan fingerprint density at radius 3 is 2.12 bits per heavy atom. The van der Waals surface area contributed by atoms with E-state index in [4.69, 9.17) is 9.47 Å². The number of methoxy groups -OCH3 is 2. The summed E-state index contributed by atoms with van der Waals surface area (Å²) in [6.45, 7) is 0. The lowest BCUT2D eigenvalue weighted by Gasteiger charge is -2.22. The summed E-state index contributed by atoms with van der Waals surface area (Å²) in [5.41, 5.74) is 0.686. The van der Waals surface area contributed by atoms with Crippen LogP contribution in [0.4, 0.5) is 5.69 Å². The van der Waals surface area contributed by atoms with E-state index in [1.165, 1.54) is 32.4 Å². The first-order valence-corrected chi connectivity index (χ1v) is 9.12. The average molecular weight is 361 g/mol. The Balaban J connectivity index is 2.27. The maximum atomic E-state index is 13.0. The number of nitrogens with one attached hydrogen (secondary N) is 1. The molecule has 1 aliphatic carbocycles. The van der Waals surface area contributed by atoms with Gasteiger partial charge in [-0.1, -0.05) is 12.1 Å². The van der Waals surface area contributed by atoms with Crippen LogP contribution in [0.2, 0.25) is 0 Å². The normalized spacial score (nSPS) is 13.1. The van der Waals surface area contributed by atoms with Gasteiger partial charge in [0.2, 0.25) is 15.8 Å². The summed E-state index contributed by atoms with van der Waals surface area (Å²) in [5.74, 6) is -0.413. The molecular formula is C17H15NO6S. The minimum Gasteiger partial charge on any atom is -0.496 e. The molecule has 0 bridgehead atoms. The predicted octanol–water partition coefficient (Wildman–Crippen LogP) is 1.85. The lowest BCUT2D eigenvalue weighted by molar-refractivity contribution is 0.0974. The molecule has 0 aliphatic heterocycles. The summed E-state index contributed by atoms with van der Waals surface area (Å²) in [5, 5.41) is 0. The van der Waals surface area contributed by atoms with E-state index in [-0.39, 0.29) is 33.7 Å². The van der Waals surface area contributed by atoms with Crippen molar-refractivity contribution >= 4 is 27.3 Å². The van der Waals surface area contributed by atoms with Gasteiger partial charge in [0.1, 0.15) is 11.5 Å². The molecular weight excluding hydrogens is 346 g/mol. The van der Waals surface area contributed by atoms with Gasteiger partial charge in [0.25, 0.3) is 0 Å². The second kappa shape index (κ2) is 5.89. The second-order valence-electron chi connectivity index (χ2n) is 5.52. The topological polar surface area (TPSA) is 98.8 Å². The van der Waals surface area contributed by atoms with Crippen molar-refractivity contribution in [1.29, 1.82) is 0 Å². The van der Waals surface area contributed by atoms with Crippen molar-refractivity contribution in [2.75, 3.05) is 25.2 Å². The first-order valence-electron chi connectivity index (χ1n) is 7.23. The maximum absolute atomic E-state index is 13.0. The quantitative estimate of drug-likeness (QED) is 0.761. The van der Waals surface area contributed by atoms with Crippen molar-refractivity contribution in [2.45, 2.75) is 0 Å². The highest BCUT2D eigenvalue weighted by atomic mass is 32.2. The van der Waals surface area contributed by atoms with Gasteiger partial charge in [0, 0.05) is 17.2 Å². The molecule has 7 nitrogen and oxygen atoms in total. The number of anilines is 1. The highest BCUT2D eigenvalue weighted by Gasteiger charge is 2.35. The first kappa shape index (κ1) is 17.0. The molecule has 3 rings (SSSR count). The lowest BCUT2D eigenvalue weighted by Crippen LogP contribution is -2.23. The van der Waals surface area contributed by atoms with E-state index < -0.39 is 21.6 Å². The predicted molar refractivity (Wildman–Crippen MR) is 91.3 cm³/mol. The standard InChI is InChI=1S/C17H15NO6S/c1-23-12-6-4-5-10-14(12)17(20)15-11(16(10)19)7-9(8-13(15)24-2)18-25(3,21)22/h4-8,18H,1-3H3. The van der Waals surface area contributed by atoms with Crippen molar-refractivity contribution in [2.24, 2.45) is 0 Å². The summed E-state index contributed by atoms with van der Waals surface area (Å²) in [7, 11) is -0.794. The Morgan fingerprint density at radius 1 is 0.880 bits per heavy atom. The SMILES string of the molecule is COc1cccc2c1C(=O)c1c(OC)cc(NS(C)(=O)=O)cc1C2=O. The molecule has 0 fully saturated rings. The minimum absolute atomic E-state index is 0.0799. The van der Waals surface area contributed by atoms with Crippen molar-refractivity contribution in [3.63, 3.8) is 0 Å². The van der Waals surface area contributed by atoms with E-state index in [1.54, 1.807) is 12.1 Å². The van der Waals surface area contributed by atoms with Crippen LogP contribution in [0.25, 0.3) is 0 Å². The van der Waals surface area contributed by atoms with Gasteiger partial charge in [0.15, 0.2) is 5.78 Å². The van der Waals surface area contributed by atoms with E-state index in [1.807, 2.05) is 0 Å². The average Bonchev–Trinajstić information content (AvgIpc) is 2.56. The lowest BCUT2D eigenvalue weighted by atomic mass is 9.83. The third kappa shape index (κ3) is 2.85. The van der Waals surface area contributed by atoms with Gasteiger partial charge in [-0.2, -0.15) is 0 Å². The summed E-state index contributed by atoms with van der Waals surface area (Å²) >= 11 is 0. The van der Waals surface area contributed by atoms with Crippen LogP contribution in [-0.4, -0.2) is 40.5 Å². The summed E-state index contributed by atoms with van der Waals surface area (Å²) in [6, 6.07) is 7.45. The summed E-state index contributed by atoms with van der Waals surface area (Å²) in [6.07, 6.45) is 0.992. The molecule has 2 aromatic rings. The molecule has 8 heteroatoms. The molecule has 0 aromatic heterocycles. The van der Waals surface area contributed by atoms with E-state index in [0.717, 1.165) is 6.26 Å². The number of rotatable bonds is 4. The van der Waals surface area contributed by atoms with Gasteiger partial charge < -0.3 is 9.47 Å². The highest BCUT2D eigenvalue weighted by Crippen LogP contribution is 2.38. The van der Waals surface area contributed by atoms with E-state index in [9.17, 15) is 18.0 Å². The molecule has 0 unspecified atom stereocenters. The molecule has 1 N–H and O–H groups in total. The van der Waals surface area contributed by atoms with Crippen molar-refractivity contribution in [3.8, 4) is 11.5 Å². The Kier molecular flexibility index (Phi) is 4.00. The van der Waals surface area contributed by atoms with Crippen LogP contribution >= 0.6 is 0 Å². The van der Waals surface area contributed by atoms with Gasteiger partial charge in [0.05, 0.1) is 37.3 Å². The van der Waals surface area contributed by atoms with Crippen LogP contribution in [0, 0.1) is 0 Å². The van der Waals surface area contributed by atoms with Crippen molar-refractivity contribution < 1.29 is 27.5 Å². The van der Waals surface area contributed by atoms with Crippen LogP contribution in [0.5, 0.6) is 11.5 Å². The second-order valence-corrected chi connectivity index (χ2v) is 7.26.